The van der Waals surface area contributed by atoms with E-state index >= 15 is 0 Å². The van der Waals surface area contributed by atoms with Crippen LogP contribution in [-0.2, 0) is 16.0 Å². The molecule has 1 fully saturated rings. The fourth-order valence-corrected chi connectivity index (χ4v) is 2.69. The summed E-state index contributed by atoms with van der Waals surface area (Å²) in [5.74, 6) is 0.371. The first kappa shape index (κ1) is 15.8. The van der Waals surface area contributed by atoms with Gasteiger partial charge in [0.05, 0.1) is 13.2 Å². The van der Waals surface area contributed by atoms with Gasteiger partial charge in [0.1, 0.15) is 11.9 Å². The quantitative estimate of drug-likeness (QED) is 0.774. The summed E-state index contributed by atoms with van der Waals surface area (Å²) < 4.78 is 10.6. The number of rotatable bonds is 6. The molecule has 1 aliphatic carbocycles. The molecule has 0 aromatic heterocycles. The van der Waals surface area contributed by atoms with E-state index in [1.54, 1.807) is 0 Å². The molecule has 2 rings (SSSR count). The van der Waals surface area contributed by atoms with Crippen LogP contribution in [0.3, 0.4) is 0 Å². The van der Waals surface area contributed by atoms with Crippen molar-refractivity contribution in [2.75, 3.05) is 13.7 Å². The summed E-state index contributed by atoms with van der Waals surface area (Å²) in [7, 11) is 1.37. The SMILES string of the molecule is COC(=O)CCc1ccccc1O[C@@H]1CC(CO)[C@H](O)C1. The van der Waals surface area contributed by atoms with Crippen molar-refractivity contribution in [3.8, 4) is 5.75 Å². The van der Waals surface area contributed by atoms with Gasteiger partial charge in [-0.3, -0.25) is 4.79 Å². The number of benzene rings is 1. The standard InChI is InChI=1S/C16H22O5/c1-20-16(19)7-6-11-4-2-3-5-15(11)21-13-8-12(10-17)14(18)9-13/h2-5,12-14,17-18H,6-10H2,1H3/t12?,13-,14-/m1/s1. The second kappa shape index (κ2) is 7.43. The van der Waals surface area contributed by atoms with Gasteiger partial charge >= 0.3 is 5.97 Å². The van der Waals surface area contributed by atoms with Crippen molar-refractivity contribution in [1.29, 1.82) is 0 Å². The van der Waals surface area contributed by atoms with Gasteiger partial charge in [0.2, 0.25) is 0 Å². The predicted molar refractivity (Wildman–Crippen MR) is 77.0 cm³/mol. The lowest BCUT2D eigenvalue weighted by atomic mass is 10.1. The van der Waals surface area contributed by atoms with Gasteiger partial charge in [0, 0.05) is 25.4 Å². The summed E-state index contributed by atoms with van der Waals surface area (Å²) in [6.07, 6.45) is 1.42. The number of ether oxygens (including phenoxy) is 2. The maximum atomic E-state index is 11.2. The van der Waals surface area contributed by atoms with Gasteiger partial charge in [-0.15, -0.1) is 0 Å². The molecule has 3 atom stereocenters. The van der Waals surface area contributed by atoms with Crippen LogP contribution in [0, 0.1) is 5.92 Å². The van der Waals surface area contributed by atoms with Crippen LogP contribution < -0.4 is 4.74 Å². The van der Waals surface area contributed by atoms with Gasteiger partial charge in [0.15, 0.2) is 0 Å². The van der Waals surface area contributed by atoms with E-state index in [4.69, 9.17) is 4.74 Å². The highest BCUT2D eigenvalue weighted by Gasteiger charge is 2.34. The van der Waals surface area contributed by atoms with Crippen LogP contribution in [0.1, 0.15) is 24.8 Å². The van der Waals surface area contributed by atoms with E-state index in [1.807, 2.05) is 24.3 Å². The summed E-state index contributed by atoms with van der Waals surface area (Å²) >= 11 is 0. The molecule has 5 nitrogen and oxygen atoms in total. The Morgan fingerprint density at radius 2 is 2.10 bits per heavy atom. The number of aliphatic hydroxyl groups excluding tert-OH is 2. The van der Waals surface area contributed by atoms with Crippen molar-refractivity contribution in [2.45, 2.75) is 37.9 Å². The fourth-order valence-electron chi connectivity index (χ4n) is 2.69. The minimum atomic E-state index is -0.512. The van der Waals surface area contributed by atoms with Crippen LogP contribution in [0.2, 0.25) is 0 Å². The summed E-state index contributed by atoms with van der Waals surface area (Å²) in [6.45, 7) is -0.0228. The topological polar surface area (TPSA) is 76.0 Å². The number of carbonyl (C=O) groups is 1. The Balaban J connectivity index is 1.98. The summed E-state index contributed by atoms with van der Waals surface area (Å²) in [4.78, 5) is 11.2. The third-order valence-corrected chi connectivity index (χ3v) is 3.94. The Morgan fingerprint density at radius 1 is 1.33 bits per heavy atom. The first-order valence-electron chi connectivity index (χ1n) is 7.24. The predicted octanol–water partition coefficient (Wildman–Crippen LogP) is 1.30. The third-order valence-electron chi connectivity index (χ3n) is 3.94. The minimum absolute atomic E-state index is 0.0228. The van der Waals surface area contributed by atoms with Crippen LogP contribution in [0.5, 0.6) is 5.75 Å². The monoisotopic (exact) mass is 294 g/mol. The van der Waals surface area contributed by atoms with Crippen LogP contribution in [0.15, 0.2) is 24.3 Å². The number of carbonyl (C=O) groups excluding carboxylic acids is 1. The minimum Gasteiger partial charge on any atom is -0.490 e. The van der Waals surface area contributed by atoms with Gasteiger partial charge in [-0.05, 0) is 24.5 Å². The molecule has 1 aliphatic rings. The van der Waals surface area contributed by atoms with E-state index in [2.05, 4.69) is 4.74 Å². The van der Waals surface area contributed by atoms with Crippen LogP contribution in [-0.4, -0.2) is 42.1 Å². The first-order chi connectivity index (χ1) is 10.1. The summed E-state index contributed by atoms with van der Waals surface area (Å²) in [5, 5.41) is 19.0. The molecular formula is C16H22O5. The van der Waals surface area contributed by atoms with Crippen LogP contribution >= 0.6 is 0 Å². The molecule has 0 spiro atoms. The second-order valence-corrected chi connectivity index (χ2v) is 5.41. The molecule has 0 aliphatic heterocycles. The zero-order valence-corrected chi connectivity index (χ0v) is 12.2. The fraction of sp³-hybridized carbons (Fsp3) is 0.562. The zero-order valence-electron chi connectivity index (χ0n) is 12.2. The number of para-hydroxylation sites is 1. The van der Waals surface area contributed by atoms with Crippen molar-refractivity contribution < 1.29 is 24.5 Å². The highest BCUT2D eigenvalue weighted by molar-refractivity contribution is 5.69. The van der Waals surface area contributed by atoms with Crippen molar-refractivity contribution in [1.82, 2.24) is 0 Å². The van der Waals surface area contributed by atoms with Crippen molar-refractivity contribution in [3.63, 3.8) is 0 Å². The molecular weight excluding hydrogens is 272 g/mol. The van der Waals surface area contributed by atoms with E-state index in [-0.39, 0.29) is 24.6 Å². The van der Waals surface area contributed by atoms with Crippen LogP contribution in [0.25, 0.3) is 0 Å². The number of hydrogen-bond acceptors (Lipinski definition) is 5. The Morgan fingerprint density at radius 3 is 2.76 bits per heavy atom. The molecule has 0 amide bonds. The normalized spacial score (nSPS) is 24.8. The first-order valence-corrected chi connectivity index (χ1v) is 7.24. The van der Waals surface area contributed by atoms with E-state index in [1.165, 1.54) is 7.11 Å². The van der Waals surface area contributed by atoms with E-state index in [0.29, 0.717) is 25.7 Å². The van der Waals surface area contributed by atoms with Gasteiger partial charge in [-0.25, -0.2) is 0 Å². The van der Waals surface area contributed by atoms with Crippen molar-refractivity contribution in [3.05, 3.63) is 29.8 Å². The van der Waals surface area contributed by atoms with Gasteiger partial charge in [-0.2, -0.15) is 0 Å². The molecule has 0 heterocycles. The number of aryl methyl sites for hydroxylation is 1. The van der Waals surface area contributed by atoms with Crippen LogP contribution in [0.4, 0.5) is 0 Å². The number of methoxy groups -OCH3 is 1. The Labute approximate surface area is 124 Å². The van der Waals surface area contributed by atoms with Crippen molar-refractivity contribution >= 4 is 5.97 Å². The lowest BCUT2D eigenvalue weighted by molar-refractivity contribution is -0.140. The van der Waals surface area contributed by atoms with E-state index in [0.717, 1.165) is 11.3 Å². The number of esters is 1. The van der Waals surface area contributed by atoms with E-state index in [9.17, 15) is 15.0 Å². The van der Waals surface area contributed by atoms with E-state index < -0.39 is 6.10 Å². The molecule has 2 N–H and O–H groups in total. The van der Waals surface area contributed by atoms with Crippen molar-refractivity contribution in [2.24, 2.45) is 5.92 Å². The number of aliphatic hydroxyl groups is 2. The van der Waals surface area contributed by atoms with Gasteiger partial charge in [0.25, 0.3) is 0 Å². The molecule has 116 valence electrons. The largest absolute Gasteiger partial charge is 0.490 e. The maximum absolute atomic E-state index is 11.2. The number of hydrogen-bond donors (Lipinski definition) is 2. The zero-order chi connectivity index (χ0) is 15.2. The molecule has 0 radical (unpaired) electrons. The third kappa shape index (κ3) is 4.19. The second-order valence-electron chi connectivity index (χ2n) is 5.41. The average molecular weight is 294 g/mol. The molecule has 0 bridgehead atoms. The summed E-state index contributed by atoms with van der Waals surface area (Å²) in [5.41, 5.74) is 0.949. The lowest BCUT2D eigenvalue weighted by Crippen LogP contribution is -2.16. The molecule has 5 heteroatoms. The Bertz CT molecular complexity index is 473. The molecule has 1 saturated carbocycles. The Hall–Kier alpha value is -1.59. The highest BCUT2D eigenvalue weighted by atomic mass is 16.5. The molecule has 1 aromatic carbocycles. The average Bonchev–Trinajstić information content (AvgIpc) is 2.85. The highest BCUT2D eigenvalue weighted by Crippen LogP contribution is 2.31. The lowest BCUT2D eigenvalue weighted by Gasteiger charge is -2.16. The molecule has 21 heavy (non-hydrogen) atoms. The molecule has 1 aromatic rings. The summed E-state index contributed by atoms with van der Waals surface area (Å²) in [6, 6.07) is 7.57. The molecule has 1 unspecified atom stereocenters. The Kier molecular flexibility index (Phi) is 5.59. The maximum Gasteiger partial charge on any atom is 0.305 e. The smallest absolute Gasteiger partial charge is 0.305 e. The molecule has 0 saturated heterocycles. The van der Waals surface area contributed by atoms with Gasteiger partial charge < -0.3 is 19.7 Å². The van der Waals surface area contributed by atoms with Gasteiger partial charge in [-0.1, -0.05) is 18.2 Å².